The topological polar surface area (TPSA) is 52.8 Å². The van der Waals surface area contributed by atoms with Gasteiger partial charge in [-0.1, -0.05) is 5.16 Å². The molecule has 0 atom stereocenters. The van der Waals surface area contributed by atoms with Crippen molar-refractivity contribution in [1.29, 1.82) is 0 Å². The third-order valence-corrected chi connectivity index (χ3v) is 1.67. The van der Waals surface area contributed by atoms with Crippen molar-refractivity contribution in [3.8, 4) is 0 Å². The number of hydrogen-bond donors (Lipinski definition) is 2. The predicted octanol–water partition coefficient (Wildman–Crippen LogP) is 0.751. The van der Waals surface area contributed by atoms with Crippen LogP contribution in [0.2, 0.25) is 0 Å². The molecule has 0 spiro atoms. The minimum atomic E-state index is -0.171. The molecule has 0 radical (unpaired) electrons. The highest BCUT2D eigenvalue weighted by molar-refractivity contribution is 5.84. The van der Waals surface area contributed by atoms with E-state index in [1.54, 1.807) is 0 Å². The highest BCUT2D eigenvalue weighted by atomic mass is 16.4. The van der Waals surface area contributed by atoms with E-state index in [-0.39, 0.29) is 6.10 Å². The van der Waals surface area contributed by atoms with E-state index in [2.05, 4.69) is 5.16 Å². The van der Waals surface area contributed by atoms with Crippen molar-refractivity contribution >= 4 is 5.71 Å². The van der Waals surface area contributed by atoms with E-state index >= 15 is 0 Å². The Morgan fingerprint density at radius 3 is 2.33 bits per heavy atom. The van der Waals surface area contributed by atoms with E-state index in [1.807, 2.05) is 0 Å². The SMILES string of the molecule is ON=C1CCC(O)CC1. The minimum absolute atomic E-state index is 0.171. The van der Waals surface area contributed by atoms with Crippen molar-refractivity contribution in [2.75, 3.05) is 0 Å². The molecular formula is C6H11NO2. The lowest BCUT2D eigenvalue weighted by molar-refractivity contribution is 0.151. The maximum Gasteiger partial charge on any atom is 0.0572 e. The third kappa shape index (κ3) is 1.68. The second kappa shape index (κ2) is 2.82. The van der Waals surface area contributed by atoms with E-state index in [1.165, 1.54) is 0 Å². The lowest BCUT2D eigenvalue weighted by Gasteiger charge is -2.16. The van der Waals surface area contributed by atoms with Gasteiger partial charge in [0.1, 0.15) is 0 Å². The fraction of sp³-hybridized carbons (Fsp3) is 0.833. The minimum Gasteiger partial charge on any atom is -0.411 e. The van der Waals surface area contributed by atoms with Gasteiger partial charge in [-0.25, -0.2) is 0 Å². The van der Waals surface area contributed by atoms with Crippen LogP contribution in [0.5, 0.6) is 0 Å². The van der Waals surface area contributed by atoms with E-state index < -0.39 is 0 Å². The fourth-order valence-corrected chi connectivity index (χ4v) is 1.04. The summed E-state index contributed by atoms with van der Waals surface area (Å²) in [5, 5.41) is 20.4. The molecule has 0 saturated heterocycles. The summed E-state index contributed by atoms with van der Waals surface area (Å²) in [6.07, 6.45) is 2.82. The average Bonchev–Trinajstić information content (AvgIpc) is 1.90. The van der Waals surface area contributed by atoms with E-state index in [0.29, 0.717) is 0 Å². The second-order valence-electron chi connectivity index (χ2n) is 2.40. The zero-order chi connectivity index (χ0) is 6.69. The number of aliphatic hydroxyl groups is 1. The van der Waals surface area contributed by atoms with Crippen LogP contribution in [0.1, 0.15) is 25.7 Å². The maximum absolute atomic E-state index is 8.99. The van der Waals surface area contributed by atoms with Gasteiger partial charge in [-0.2, -0.15) is 0 Å². The van der Waals surface area contributed by atoms with Crippen LogP contribution >= 0.6 is 0 Å². The van der Waals surface area contributed by atoms with E-state index in [4.69, 9.17) is 10.3 Å². The van der Waals surface area contributed by atoms with Crippen LogP contribution in [-0.4, -0.2) is 22.1 Å². The molecule has 1 fully saturated rings. The molecule has 0 aromatic heterocycles. The first-order valence-electron chi connectivity index (χ1n) is 3.21. The molecule has 0 aromatic carbocycles. The van der Waals surface area contributed by atoms with Crippen LogP contribution < -0.4 is 0 Å². The molecule has 1 aliphatic rings. The molecule has 1 saturated carbocycles. The van der Waals surface area contributed by atoms with Crippen molar-refractivity contribution in [3.05, 3.63) is 0 Å². The number of nitrogens with zero attached hydrogens (tertiary/aromatic N) is 1. The molecule has 0 bridgehead atoms. The molecule has 0 amide bonds. The Morgan fingerprint density at radius 1 is 1.33 bits per heavy atom. The molecule has 9 heavy (non-hydrogen) atoms. The number of oxime groups is 1. The molecule has 0 aliphatic heterocycles. The zero-order valence-corrected chi connectivity index (χ0v) is 5.25. The van der Waals surface area contributed by atoms with Gasteiger partial charge in [0, 0.05) is 0 Å². The molecule has 1 aliphatic carbocycles. The summed E-state index contributed by atoms with van der Waals surface area (Å²) in [4.78, 5) is 0. The van der Waals surface area contributed by atoms with Crippen molar-refractivity contribution in [2.45, 2.75) is 31.8 Å². The smallest absolute Gasteiger partial charge is 0.0572 e. The van der Waals surface area contributed by atoms with Gasteiger partial charge in [-0.3, -0.25) is 0 Å². The maximum atomic E-state index is 8.99. The standard InChI is InChI=1S/C6H11NO2/c8-6-3-1-5(7-9)2-4-6/h6,8-9H,1-4H2. The van der Waals surface area contributed by atoms with Gasteiger partial charge in [0.2, 0.25) is 0 Å². The van der Waals surface area contributed by atoms with Crippen LogP contribution in [0.4, 0.5) is 0 Å². The fourth-order valence-electron chi connectivity index (χ4n) is 1.04. The van der Waals surface area contributed by atoms with Gasteiger partial charge in [0.05, 0.1) is 11.8 Å². The predicted molar refractivity (Wildman–Crippen MR) is 33.7 cm³/mol. The Balaban J connectivity index is 2.35. The van der Waals surface area contributed by atoms with Gasteiger partial charge in [0.25, 0.3) is 0 Å². The van der Waals surface area contributed by atoms with Gasteiger partial charge >= 0.3 is 0 Å². The summed E-state index contributed by atoms with van der Waals surface area (Å²) in [6.45, 7) is 0. The van der Waals surface area contributed by atoms with Crippen molar-refractivity contribution in [3.63, 3.8) is 0 Å². The molecule has 3 heteroatoms. The van der Waals surface area contributed by atoms with Gasteiger partial charge in [-0.05, 0) is 25.7 Å². The lowest BCUT2D eigenvalue weighted by atomic mass is 9.96. The Labute approximate surface area is 54.0 Å². The number of hydrogen-bond acceptors (Lipinski definition) is 3. The largest absolute Gasteiger partial charge is 0.411 e. The van der Waals surface area contributed by atoms with Gasteiger partial charge < -0.3 is 10.3 Å². The molecular weight excluding hydrogens is 118 g/mol. The van der Waals surface area contributed by atoms with Crippen molar-refractivity contribution in [2.24, 2.45) is 5.16 Å². The summed E-state index contributed by atoms with van der Waals surface area (Å²) >= 11 is 0. The van der Waals surface area contributed by atoms with Crippen LogP contribution in [0.3, 0.4) is 0 Å². The van der Waals surface area contributed by atoms with Crippen molar-refractivity contribution < 1.29 is 10.3 Å². The van der Waals surface area contributed by atoms with Crippen molar-refractivity contribution in [1.82, 2.24) is 0 Å². The van der Waals surface area contributed by atoms with Crippen LogP contribution in [0.15, 0.2) is 5.16 Å². The highest BCUT2D eigenvalue weighted by Crippen LogP contribution is 2.14. The molecule has 0 unspecified atom stereocenters. The van der Waals surface area contributed by atoms with Gasteiger partial charge in [0.15, 0.2) is 0 Å². The average molecular weight is 129 g/mol. The third-order valence-electron chi connectivity index (χ3n) is 1.67. The second-order valence-corrected chi connectivity index (χ2v) is 2.40. The molecule has 3 nitrogen and oxygen atoms in total. The quantitative estimate of drug-likeness (QED) is 0.374. The summed E-state index contributed by atoms with van der Waals surface area (Å²) in [5.74, 6) is 0. The monoisotopic (exact) mass is 129 g/mol. The summed E-state index contributed by atoms with van der Waals surface area (Å²) in [5.41, 5.74) is 0.820. The van der Waals surface area contributed by atoms with Gasteiger partial charge in [-0.15, -0.1) is 0 Å². The van der Waals surface area contributed by atoms with E-state index in [0.717, 1.165) is 31.4 Å². The Bertz CT molecular complexity index is 112. The van der Waals surface area contributed by atoms with Crippen LogP contribution in [0, 0.1) is 0 Å². The summed E-state index contributed by atoms with van der Waals surface area (Å²) in [7, 11) is 0. The number of aliphatic hydroxyl groups excluding tert-OH is 1. The Kier molecular flexibility index (Phi) is 2.05. The Hall–Kier alpha value is -0.570. The normalized spacial score (nSPS) is 28.1. The number of rotatable bonds is 0. The first kappa shape index (κ1) is 6.55. The molecule has 0 heterocycles. The molecule has 52 valence electrons. The van der Waals surface area contributed by atoms with Crippen LogP contribution in [-0.2, 0) is 0 Å². The molecule has 2 N–H and O–H groups in total. The first-order chi connectivity index (χ1) is 4.33. The highest BCUT2D eigenvalue weighted by Gasteiger charge is 2.14. The summed E-state index contributed by atoms with van der Waals surface area (Å²) < 4.78 is 0. The lowest BCUT2D eigenvalue weighted by Crippen LogP contribution is -2.17. The molecule has 0 aromatic rings. The summed E-state index contributed by atoms with van der Waals surface area (Å²) in [6, 6.07) is 0. The van der Waals surface area contributed by atoms with Crippen LogP contribution in [0.25, 0.3) is 0 Å². The molecule has 1 rings (SSSR count). The first-order valence-corrected chi connectivity index (χ1v) is 3.21. The zero-order valence-electron chi connectivity index (χ0n) is 5.25. The van der Waals surface area contributed by atoms with E-state index in [9.17, 15) is 0 Å². The Morgan fingerprint density at radius 2 is 1.89 bits per heavy atom.